The van der Waals surface area contributed by atoms with Gasteiger partial charge in [-0.25, -0.2) is 13.8 Å². The van der Waals surface area contributed by atoms with Crippen LogP contribution in [0.3, 0.4) is 0 Å². The second-order valence-corrected chi connectivity index (χ2v) is 2.93. The van der Waals surface area contributed by atoms with Crippen LogP contribution < -0.4 is 5.73 Å². The van der Waals surface area contributed by atoms with Gasteiger partial charge in [0.15, 0.2) is 0 Å². The average Bonchev–Trinajstić information content (AvgIpc) is 2.17. The summed E-state index contributed by atoms with van der Waals surface area (Å²) >= 11 is 0. The molecule has 1 aromatic carbocycles. The molecule has 76 valence electrons. The molecule has 5 heteroatoms. The molecule has 15 heavy (non-hydrogen) atoms. The SMILES string of the molecule is Nc1cncc(-c2c(F)cccc2F)n1. The summed E-state index contributed by atoms with van der Waals surface area (Å²) in [6.07, 6.45) is 2.57. The molecule has 0 saturated carbocycles. The molecule has 0 aliphatic rings. The molecule has 0 bridgehead atoms. The minimum atomic E-state index is -0.685. The largest absolute Gasteiger partial charge is 0.382 e. The Morgan fingerprint density at radius 2 is 1.73 bits per heavy atom. The predicted molar refractivity (Wildman–Crippen MR) is 51.8 cm³/mol. The van der Waals surface area contributed by atoms with E-state index in [-0.39, 0.29) is 17.1 Å². The zero-order valence-electron chi connectivity index (χ0n) is 7.61. The van der Waals surface area contributed by atoms with E-state index in [4.69, 9.17) is 5.73 Å². The van der Waals surface area contributed by atoms with Gasteiger partial charge in [-0.1, -0.05) is 6.07 Å². The summed E-state index contributed by atoms with van der Waals surface area (Å²) in [5.74, 6) is -1.25. The molecule has 2 aromatic rings. The van der Waals surface area contributed by atoms with Crippen molar-refractivity contribution in [3.63, 3.8) is 0 Å². The molecule has 1 aromatic heterocycles. The van der Waals surface area contributed by atoms with Gasteiger partial charge in [0.2, 0.25) is 0 Å². The van der Waals surface area contributed by atoms with Crippen molar-refractivity contribution in [2.75, 3.05) is 5.73 Å². The first-order valence-electron chi connectivity index (χ1n) is 4.20. The fourth-order valence-corrected chi connectivity index (χ4v) is 1.24. The number of hydrogen-bond acceptors (Lipinski definition) is 3. The highest BCUT2D eigenvalue weighted by Gasteiger charge is 2.12. The summed E-state index contributed by atoms with van der Waals surface area (Å²) in [6.45, 7) is 0. The van der Waals surface area contributed by atoms with Gasteiger partial charge in [-0.15, -0.1) is 0 Å². The zero-order valence-corrected chi connectivity index (χ0v) is 7.61. The van der Waals surface area contributed by atoms with Crippen LogP contribution in [0.2, 0.25) is 0 Å². The van der Waals surface area contributed by atoms with Gasteiger partial charge in [0, 0.05) is 0 Å². The standard InChI is InChI=1S/C10H7F2N3/c11-6-2-1-3-7(12)10(6)8-4-14-5-9(13)15-8/h1-5H,(H2,13,15). The lowest BCUT2D eigenvalue weighted by atomic mass is 10.1. The molecule has 0 atom stereocenters. The highest BCUT2D eigenvalue weighted by Crippen LogP contribution is 2.23. The number of nitrogens with two attached hydrogens (primary N) is 1. The number of rotatable bonds is 1. The van der Waals surface area contributed by atoms with Crippen molar-refractivity contribution in [1.82, 2.24) is 9.97 Å². The monoisotopic (exact) mass is 207 g/mol. The molecule has 0 radical (unpaired) electrons. The third-order valence-electron chi connectivity index (χ3n) is 1.87. The number of nitrogens with zero attached hydrogens (tertiary/aromatic N) is 2. The maximum Gasteiger partial charge on any atom is 0.142 e. The van der Waals surface area contributed by atoms with Crippen LogP contribution in [0.25, 0.3) is 11.3 Å². The molecule has 0 aliphatic carbocycles. The van der Waals surface area contributed by atoms with Crippen LogP contribution in [-0.2, 0) is 0 Å². The summed E-state index contributed by atoms with van der Waals surface area (Å²) in [6, 6.07) is 3.60. The first-order valence-corrected chi connectivity index (χ1v) is 4.20. The fraction of sp³-hybridized carbons (Fsp3) is 0. The molecular formula is C10H7F2N3. The van der Waals surface area contributed by atoms with E-state index in [9.17, 15) is 8.78 Å². The quantitative estimate of drug-likeness (QED) is 0.778. The average molecular weight is 207 g/mol. The van der Waals surface area contributed by atoms with E-state index in [1.807, 2.05) is 0 Å². The van der Waals surface area contributed by atoms with Crippen LogP contribution in [0.5, 0.6) is 0 Å². The number of halogens is 2. The van der Waals surface area contributed by atoms with Crippen molar-refractivity contribution >= 4 is 5.82 Å². The zero-order chi connectivity index (χ0) is 10.8. The Kier molecular flexibility index (Phi) is 2.29. The Labute approximate surface area is 84.6 Å². The number of hydrogen-bond donors (Lipinski definition) is 1. The summed E-state index contributed by atoms with van der Waals surface area (Å²) in [4.78, 5) is 7.52. The van der Waals surface area contributed by atoms with E-state index in [0.29, 0.717) is 0 Å². The van der Waals surface area contributed by atoms with Gasteiger partial charge in [0.1, 0.15) is 17.5 Å². The van der Waals surface area contributed by atoms with Crippen LogP contribution in [0.1, 0.15) is 0 Å². The van der Waals surface area contributed by atoms with Crippen molar-refractivity contribution < 1.29 is 8.78 Å². The molecule has 2 rings (SSSR count). The molecule has 2 N–H and O–H groups in total. The van der Waals surface area contributed by atoms with Gasteiger partial charge in [0.05, 0.1) is 23.7 Å². The normalized spacial score (nSPS) is 10.3. The molecular weight excluding hydrogens is 200 g/mol. The Bertz CT molecular complexity index is 480. The lowest BCUT2D eigenvalue weighted by molar-refractivity contribution is 0.588. The molecule has 3 nitrogen and oxygen atoms in total. The Hall–Kier alpha value is -2.04. The molecule has 0 unspecified atom stereocenters. The van der Waals surface area contributed by atoms with Crippen molar-refractivity contribution in [1.29, 1.82) is 0 Å². The molecule has 0 fully saturated rings. The smallest absolute Gasteiger partial charge is 0.142 e. The van der Waals surface area contributed by atoms with Gasteiger partial charge in [-0.2, -0.15) is 0 Å². The van der Waals surface area contributed by atoms with Crippen LogP contribution >= 0.6 is 0 Å². The van der Waals surface area contributed by atoms with Gasteiger partial charge in [-0.05, 0) is 12.1 Å². The summed E-state index contributed by atoms with van der Waals surface area (Å²) < 4.78 is 26.6. The Morgan fingerprint density at radius 3 is 2.33 bits per heavy atom. The highest BCUT2D eigenvalue weighted by atomic mass is 19.1. The van der Waals surface area contributed by atoms with E-state index < -0.39 is 11.6 Å². The minimum Gasteiger partial charge on any atom is -0.382 e. The second kappa shape index (κ2) is 3.61. The maximum atomic E-state index is 13.3. The van der Waals surface area contributed by atoms with Crippen LogP contribution in [0.4, 0.5) is 14.6 Å². The van der Waals surface area contributed by atoms with Gasteiger partial charge < -0.3 is 5.73 Å². The van der Waals surface area contributed by atoms with Crippen molar-refractivity contribution in [2.24, 2.45) is 0 Å². The number of anilines is 1. The summed E-state index contributed by atoms with van der Waals surface area (Å²) in [7, 11) is 0. The minimum absolute atomic E-state index is 0.0885. The van der Waals surface area contributed by atoms with E-state index >= 15 is 0 Å². The molecule has 0 amide bonds. The van der Waals surface area contributed by atoms with Gasteiger partial charge >= 0.3 is 0 Å². The van der Waals surface area contributed by atoms with E-state index in [1.165, 1.54) is 18.5 Å². The fourth-order valence-electron chi connectivity index (χ4n) is 1.24. The van der Waals surface area contributed by atoms with Crippen molar-refractivity contribution in [3.05, 3.63) is 42.2 Å². The van der Waals surface area contributed by atoms with E-state index in [1.54, 1.807) is 0 Å². The van der Waals surface area contributed by atoms with Crippen LogP contribution in [0.15, 0.2) is 30.6 Å². The highest BCUT2D eigenvalue weighted by molar-refractivity contribution is 5.60. The first-order chi connectivity index (χ1) is 7.18. The number of aromatic nitrogens is 2. The van der Waals surface area contributed by atoms with Crippen molar-refractivity contribution in [3.8, 4) is 11.3 Å². The Balaban J connectivity index is 2.63. The summed E-state index contributed by atoms with van der Waals surface area (Å²) in [5, 5.41) is 0. The number of nitrogen functional groups attached to an aromatic ring is 1. The maximum absolute atomic E-state index is 13.3. The topological polar surface area (TPSA) is 51.8 Å². The van der Waals surface area contributed by atoms with Crippen LogP contribution in [0, 0.1) is 11.6 Å². The molecule has 0 spiro atoms. The predicted octanol–water partition coefficient (Wildman–Crippen LogP) is 2.00. The number of benzene rings is 1. The van der Waals surface area contributed by atoms with Crippen molar-refractivity contribution in [2.45, 2.75) is 0 Å². The molecule has 1 heterocycles. The van der Waals surface area contributed by atoms with Gasteiger partial charge in [-0.3, -0.25) is 4.98 Å². The summed E-state index contributed by atoms with van der Waals surface area (Å²) in [5.41, 5.74) is 5.26. The Morgan fingerprint density at radius 1 is 1.07 bits per heavy atom. The van der Waals surface area contributed by atoms with E-state index in [0.717, 1.165) is 12.1 Å². The molecule has 0 saturated heterocycles. The third kappa shape index (κ3) is 1.76. The third-order valence-corrected chi connectivity index (χ3v) is 1.87. The van der Waals surface area contributed by atoms with Crippen LogP contribution in [-0.4, -0.2) is 9.97 Å². The molecule has 0 aliphatic heterocycles. The first kappa shape index (κ1) is 9.51. The van der Waals surface area contributed by atoms with E-state index in [2.05, 4.69) is 9.97 Å². The lowest BCUT2D eigenvalue weighted by Crippen LogP contribution is -1.97. The van der Waals surface area contributed by atoms with Gasteiger partial charge in [0.25, 0.3) is 0 Å². The lowest BCUT2D eigenvalue weighted by Gasteiger charge is -2.03. The second-order valence-electron chi connectivity index (χ2n) is 2.93.